The summed E-state index contributed by atoms with van der Waals surface area (Å²) in [6.07, 6.45) is 0. The first-order valence-electron chi connectivity index (χ1n) is 10.7. The number of anilines is 1. The van der Waals surface area contributed by atoms with Crippen LogP contribution in [0, 0.1) is 13.8 Å². The van der Waals surface area contributed by atoms with Gasteiger partial charge in [0.2, 0.25) is 5.91 Å². The number of likely N-dealkylation sites (N-methyl/N-ethyl adjacent to an activating group) is 1. The minimum absolute atomic E-state index is 0.0527. The molecule has 1 aliphatic rings. The Labute approximate surface area is 198 Å². The van der Waals surface area contributed by atoms with Gasteiger partial charge in [-0.15, -0.1) is 0 Å². The van der Waals surface area contributed by atoms with Crippen molar-refractivity contribution in [1.82, 2.24) is 20.7 Å². The van der Waals surface area contributed by atoms with Gasteiger partial charge in [0.05, 0.1) is 20.2 Å². The Bertz CT molecular complexity index is 1110. The third-order valence-corrected chi connectivity index (χ3v) is 5.65. The molecule has 180 valence electrons. The maximum atomic E-state index is 13.0. The summed E-state index contributed by atoms with van der Waals surface area (Å²) in [5, 5.41) is 6.13. The number of carbonyl (C=O) groups is 4. The monoisotopic (exact) mass is 467 g/mol. The number of imide groups is 1. The number of benzene rings is 2. The van der Waals surface area contributed by atoms with E-state index >= 15 is 0 Å². The van der Waals surface area contributed by atoms with Crippen molar-refractivity contribution in [2.75, 3.05) is 32.6 Å². The highest BCUT2D eigenvalue weighted by Gasteiger charge is 2.50. The van der Waals surface area contributed by atoms with Gasteiger partial charge in [0.1, 0.15) is 11.3 Å². The first-order chi connectivity index (χ1) is 16.0. The number of hydrogen-bond donors (Lipinski definition) is 3. The molecule has 1 heterocycles. The standard InChI is InChI=1S/C24H29N5O5/c1-15-8-6-9-16(2)21(15)25-19(30)13-28(4)14-20(31)27-29-22(32)24(3,26-23(29)33)17-10-7-11-18(12-17)34-5/h6-12H,13-14H2,1-5H3,(H,25,30)(H,26,33)(H,27,31). The number of nitrogens with zero attached hydrogens (tertiary/aromatic N) is 2. The van der Waals surface area contributed by atoms with Crippen LogP contribution in [0.1, 0.15) is 23.6 Å². The molecule has 0 bridgehead atoms. The molecular formula is C24H29N5O5. The number of ether oxygens (including phenoxy) is 1. The number of hydrazine groups is 1. The lowest BCUT2D eigenvalue weighted by Crippen LogP contribution is -2.50. The van der Waals surface area contributed by atoms with E-state index in [9.17, 15) is 19.2 Å². The van der Waals surface area contributed by atoms with Crippen LogP contribution in [0.15, 0.2) is 42.5 Å². The molecule has 34 heavy (non-hydrogen) atoms. The molecule has 0 radical (unpaired) electrons. The Morgan fingerprint density at radius 1 is 1.06 bits per heavy atom. The van der Waals surface area contributed by atoms with Crippen LogP contribution >= 0.6 is 0 Å². The number of amides is 5. The van der Waals surface area contributed by atoms with E-state index in [0.29, 0.717) is 16.3 Å². The first kappa shape index (κ1) is 24.7. The average molecular weight is 468 g/mol. The molecule has 0 spiro atoms. The van der Waals surface area contributed by atoms with Crippen molar-refractivity contribution in [2.24, 2.45) is 0 Å². The zero-order valence-electron chi connectivity index (χ0n) is 19.9. The minimum Gasteiger partial charge on any atom is -0.497 e. The van der Waals surface area contributed by atoms with Crippen molar-refractivity contribution in [3.8, 4) is 5.75 Å². The molecule has 10 heteroatoms. The smallest absolute Gasteiger partial charge is 0.344 e. The first-order valence-corrected chi connectivity index (χ1v) is 10.7. The number of hydrogen-bond acceptors (Lipinski definition) is 6. The second kappa shape index (κ2) is 9.92. The zero-order valence-corrected chi connectivity index (χ0v) is 19.9. The molecule has 5 amide bonds. The van der Waals surface area contributed by atoms with E-state index in [0.717, 1.165) is 16.8 Å². The van der Waals surface area contributed by atoms with E-state index < -0.39 is 23.4 Å². The third-order valence-electron chi connectivity index (χ3n) is 5.65. The SMILES string of the molecule is COc1cccc(C2(C)NC(=O)N(NC(=O)CN(C)CC(=O)Nc3c(C)cccc3C)C2=O)c1. The average Bonchev–Trinajstić information content (AvgIpc) is 3.00. The van der Waals surface area contributed by atoms with Crippen LogP contribution in [0.2, 0.25) is 0 Å². The van der Waals surface area contributed by atoms with Crippen molar-refractivity contribution < 1.29 is 23.9 Å². The lowest BCUT2D eigenvalue weighted by molar-refractivity contribution is -0.139. The lowest BCUT2D eigenvalue weighted by atomic mass is 9.92. The fourth-order valence-electron chi connectivity index (χ4n) is 3.77. The van der Waals surface area contributed by atoms with E-state index in [2.05, 4.69) is 16.1 Å². The topological polar surface area (TPSA) is 120 Å². The van der Waals surface area contributed by atoms with E-state index in [1.165, 1.54) is 12.0 Å². The van der Waals surface area contributed by atoms with Gasteiger partial charge in [-0.05, 0) is 56.6 Å². The largest absolute Gasteiger partial charge is 0.497 e. The van der Waals surface area contributed by atoms with E-state index in [4.69, 9.17) is 4.74 Å². The van der Waals surface area contributed by atoms with Crippen molar-refractivity contribution in [3.05, 3.63) is 59.2 Å². The van der Waals surface area contributed by atoms with Gasteiger partial charge in [-0.2, -0.15) is 5.01 Å². The van der Waals surface area contributed by atoms with Crippen LogP contribution in [0.4, 0.5) is 10.5 Å². The molecule has 1 aliphatic heterocycles. The van der Waals surface area contributed by atoms with Gasteiger partial charge in [0.25, 0.3) is 11.8 Å². The van der Waals surface area contributed by atoms with Crippen molar-refractivity contribution in [3.63, 3.8) is 0 Å². The Kier molecular flexibility index (Phi) is 7.21. The number of methoxy groups -OCH3 is 1. The Morgan fingerprint density at radius 2 is 1.68 bits per heavy atom. The second-order valence-electron chi connectivity index (χ2n) is 8.45. The van der Waals surface area contributed by atoms with Gasteiger partial charge in [0, 0.05) is 5.69 Å². The fourth-order valence-corrected chi connectivity index (χ4v) is 3.77. The zero-order chi connectivity index (χ0) is 25.0. The van der Waals surface area contributed by atoms with Crippen LogP contribution in [0.3, 0.4) is 0 Å². The van der Waals surface area contributed by atoms with Crippen molar-refractivity contribution in [2.45, 2.75) is 26.3 Å². The predicted octanol–water partition coefficient (Wildman–Crippen LogP) is 1.68. The molecule has 3 rings (SSSR count). The van der Waals surface area contributed by atoms with Gasteiger partial charge in [-0.1, -0.05) is 30.3 Å². The minimum atomic E-state index is -1.36. The molecule has 1 unspecified atom stereocenters. The highest BCUT2D eigenvalue weighted by Crippen LogP contribution is 2.30. The molecule has 2 aromatic rings. The normalized spacial score (nSPS) is 17.5. The van der Waals surface area contributed by atoms with Gasteiger partial charge in [-0.25, -0.2) is 4.79 Å². The number of urea groups is 1. The number of aryl methyl sites for hydroxylation is 2. The highest BCUT2D eigenvalue weighted by atomic mass is 16.5. The lowest BCUT2D eigenvalue weighted by Gasteiger charge is -2.23. The Morgan fingerprint density at radius 3 is 2.32 bits per heavy atom. The van der Waals surface area contributed by atoms with Gasteiger partial charge in [0.15, 0.2) is 0 Å². The summed E-state index contributed by atoms with van der Waals surface area (Å²) in [5.74, 6) is -0.993. The molecule has 0 aliphatic carbocycles. The van der Waals surface area contributed by atoms with Crippen molar-refractivity contribution >= 4 is 29.4 Å². The predicted molar refractivity (Wildman–Crippen MR) is 126 cm³/mol. The summed E-state index contributed by atoms with van der Waals surface area (Å²) >= 11 is 0. The quantitative estimate of drug-likeness (QED) is 0.508. The Balaban J connectivity index is 1.59. The van der Waals surface area contributed by atoms with Crippen LogP contribution < -0.4 is 20.8 Å². The van der Waals surface area contributed by atoms with E-state index in [1.54, 1.807) is 38.2 Å². The summed E-state index contributed by atoms with van der Waals surface area (Å²) in [4.78, 5) is 51.9. The van der Waals surface area contributed by atoms with E-state index in [-0.39, 0.29) is 19.0 Å². The summed E-state index contributed by atoms with van der Waals surface area (Å²) < 4.78 is 5.19. The molecular weight excluding hydrogens is 438 g/mol. The number of carbonyl (C=O) groups excluding carboxylic acids is 4. The maximum absolute atomic E-state index is 13.0. The number of para-hydroxylation sites is 1. The van der Waals surface area contributed by atoms with Gasteiger partial charge < -0.3 is 15.4 Å². The van der Waals surface area contributed by atoms with Crippen LogP contribution in [-0.2, 0) is 19.9 Å². The van der Waals surface area contributed by atoms with Gasteiger partial charge in [-0.3, -0.25) is 24.7 Å². The van der Waals surface area contributed by atoms with Crippen LogP contribution in [-0.4, -0.2) is 60.9 Å². The third kappa shape index (κ3) is 5.18. The molecule has 1 fully saturated rings. The van der Waals surface area contributed by atoms with Crippen LogP contribution in [0.5, 0.6) is 5.75 Å². The molecule has 2 aromatic carbocycles. The number of nitrogens with one attached hydrogen (secondary N) is 3. The molecule has 1 saturated heterocycles. The molecule has 3 N–H and O–H groups in total. The molecule has 1 atom stereocenters. The molecule has 0 aromatic heterocycles. The molecule has 0 saturated carbocycles. The summed E-state index contributed by atoms with van der Waals surface area (Å²) in [6, 6.07) is 11.7. The fraction of sp³-hybridized carbons (Fsp3) is 0.333. The van der Waals surface area contributed by atoms with E-state index in [1.807, 2.05) is 32.0 Å². The Hall–Kier alpha value is -3.92. The number of rotatable bonds is 8. The summed E-state index contributed by atoms with van der Waals surface area (Å²) in [6.45, 7) is 5.10. The summed E-state index contributed by atoms with van der Waals surface area (Å²) in [7, 11) is 3.10. The van der Waals surface area contributed by atoms with Gasteiger partial charge >= 0.3 is 6.03 Å². The maximum Gasteiger partial charge on any atom is 0.344 e. The second-order valence-corrected chi connectivity index (χ2v) is 8.45. The summed E-state index contributed by atoms with van der Waals surface area (Å²) in [5.41, 5.74) is 4.09. The van der Waals surface area contributed by atoms with Crippen LogP contribution in [0.25, 0.3) is 0 Å². The highest BCUT2D eigenvalue weighted by molar-refractivity contribution is 6.08. The van der Waals surface area contributed by atoms with Crippen molar-refractivity contribution in [1.29, 1.82) is 0 Å². The molecule has 10 nitrogen and oxygen atoms in total.